The summed E-state index contributed by atoms with van der Waals surface area (Å²) in [6.07, 6.45) is 6.71. The Bertz CT molecular complexity index is 448. The first-order valence-electron chi connectivity index (χ1n) is 7.42. The van der Waals surface area contributed by atoms with Gasteiger partial charge in [-0.15, -0.1) is 0 Å². The molecule has 3 atom stereocenters. The first-order chi connectivity index (χ1) is 9.41. The molecule has 20 heavy (non-hydrogen) atoms. The van der Waals surface area contributed by atoms with Gasteiger partial charge in [0.15, 0.2) is 0 Å². The zero-order chi connectivity index (χ0) is 14.8. The molecule has 1 saturated carbocycles. The van der Waals surface area contributed by atoms with E-state index >= 15 is 0 Å². The predicted octanol–water partition coefficient (Wildman–Crippen LogP) is 1.23. The largest absolute Gasteiger partial charge is 0.469 e. The van der Waals surface area contributed by atoms with Crippen LogP contribution < -0.4 is 0 Å². The Morgan fingerprint density at radius 1 is 1.20 bits per heavy atom. The van der Waals surface area contributed by atoms with E-state index in [0.29, 0.717) is 19.0 Å². The van der Waals surface area contributed by atoms with Gasteiger partial charge in [-0.25, -0.2) is 8.42 Å². The minimum atomic E-state index is -2.95. The molecule has 0 N–H and O–H groups in total. The van der Waals surface area contributed by atoms with Gasteiger partial charge in [-0.1, -0.05) is 6.42 Å². The summed E-state index contributed by atoms with van der Waals surface area (Å²) in [6, 6.07) is 0.302. The van der Waals surface area contributed by atoms with Gasteiger partial charge in [0.25, 0.3) is 0 Å². The molecule has 0 aromatic carbocycles. The van der Waals surface area contributed by atoms with E-state index in [2.05, 4.69) is 4.90 Å². The highest BCUT2D eigenvalue weighted by atomic mass is 32.2. The molecule has 0 amide bonds. The zero-order valence-electron chi connectivity index (χ0n) is 12.4. The topological polar surface area (TPSA) is 63.7 Å². The number of hydrogen-bond acceptors (Lipinski definition) is 5. The van der Waals surface area contributed by atoms with Crippen molar-refractivity contribution >= 4 is 15.8 Å². The molecule has 1 aliphatic carbocycles. The van der Waals surface area contributed by atoms with E-state index in [0.717, 1.165) is 38.6 Å². The van der Waals surface area contributed by atoms with Gasteiger partial charge in [-0.2, -0.15) is 0 Å². The Labute approximate surface area is 121 Å². The molecule has 1 aliphatic heterocycles. The highest BCUT2D eigenvalue weighted by Crippen LogP contribution is 2.30. The zero-order valence-corrected chi connectivity index (χ0v) is 13.2. The van der Waals surface area contributed by atoms with E-state index in [9.17, 15) is 13.2 Å². The molecule has 0 aromatic rings. The number of nitrogens with zero attached hydrogens (tertiary/aromatic N) is 1. The summed E-state index contributed by atoms with van der Waals surface area (Å²) in [7, 11) is -1.52. The van der Waals surface area contributed by atoms with Gasteiger partial charge in [0.1, 0.15) is 9.84 Å². The fourth-order valence-corrected chi connectivity index (χ4v) is 4.70. The van der Waals surface area contributed by atoms with Crippen LogP contribution in [0.25, 0.3) is 0 Å². The smallest absolute Gasteiger partial charge is 0.309 e. The molecule has 0 aromatic heterocycles. The van der Waals surface area contributed by atoms with Crippen LogP contribution in [0.5, 0.6) is 0 Å². The average molecular weight is 303 g/mol. The number of ether oxygens (including phenoxy) is 1. The van der Waals surface area contributed by atoms with Crippen molar-refractivity contribution in [1.29, 1.82) is 0 Å². The average Bonchev–Trinajstić information content (AvgIpc) is 2.46. The van der Waals surface area contributed by atoms with Gasteiger partial charge in [0.05, 0.1) is 18.3 Å². The maximum Gasteiger partial charge on any atom is 0.309 e. The van der Waals surface area contributed by atoms with Crippen LogP contribution in [0, 0.1) is 5.92 Å². The molecular weight excluding hydrogens is 278 g/mol. The van der Waals surface area contributed by atoms with Crippen LogP contribution in [-0.4, -0.2) is 57.0 Å². The van der Waals surface area contributed by atoms with Gasteiger partial charge in [-0.05, 0) is 38.6 Å². The molecule has 5 nitrogen and oxygen atoms in total. The number of methoxy groups -OCH3 is 1. The molecule has 1 saturated heterocycles. The lowest BCUT2D eigenvalue weighted by atomic mass is 9.90. The third-order valence-electron chi connectivity index (χ3n) is 4.71. The van der Waals surface area contributed by atoms with Gasteiger partial charge in [0, 0.05) is 18.8 Å². The van der Waals surface area contributed by atoms with E-state index in [1.807, 2.05) is 0 Å². The lowest BCUT2D eigenvalue weighted by Crippen LogP contribution is -2.48. The molecule has 0 bridgehead atoms. The molecule has 2 aliphatic rings. The van der Waals surface area contributed by atoms with Crippen LogP contribution in [0.2, 0.25) is 0 Å². The minimum Gasteiger partial charge on any atom is -0.469 e. The molecule has 2 fully saturated rings. The van der Waals surface area contributed by atoms with Crippen LogP contribution in [0.4, 0.5) is 0 Å². The standard InChI is InChI=1S/C14H25NO4S/c1-19-14(16)11-5-4-8-15(10-11)12-6-3-7-13(9-12)20(2,17)18/h11-13H,3-10H2,1-2H3. The molecule has 1 heterocycles. The van der Waals surface area contributed by atoms with Gasteiger partial charge < -0.3 is 4.74 Å². The van der Waals surface area contributed by atoms with Crippen molar-refractivity contribution in [1.82, 2.24) is 4.90 Å². The number of carbonyl (C=O) groups excluding carboxylic acids is 1. The molecule has 6 heteroatoms. The highest BCUT2D eigenvalue weighted by molar-refractivity contribution is 7.91. The van der Waals surface area contributed by atoms with Crippen molar-refractivity contribution < 1.29 is 17.9 Å². The van der Waals surface area contributed by atoms with Crippen molar-refractivity contribution in [2.75, 3.05) is 26.5 Å². The predicted molar refractivity (Wildman–Crippen MR) is 77.2 cm³/mol. The van der Waals surface area contributed by atoms with E-state index in [1.165, 1.54) is 13.4 Å². The third kappa shape index (κ3) is 3.73. The summed E-state index contributed by atoms with van der Waals surface area (Å²) in [5, 5.41) is -0.209. The van der Waals surface area contributed by atoms with Crippen molar-refractivity contribution in [3.63, 3.8) is 0 Å². The van der Waals surface area contributed by atoms with Crippen LogP contribution in [-0.2, 0) is 19.4 Å². The second-order valence-electron chi connectivity index (χ2n) is 6.13. The number of esters is 1. The first kappa shape index (κ1) is 15.8. The molecule has 3 unspecified atom stereocenters. The number of likely N-dealkylation sites (tertiary alicyclic amines) is 1. The SMILES string of the molecule is COC(=O)C1CCCN(C2CCCC(S(C)(=O)=O)C2)C1. The lowest BCUT2D eigenvalue weighted by Gasteiger charge is -2.40. The maximum absolute atomic E-state index is 11.7. The summed E-state index contributed by atoms with van der Waals surface area (Å²) in [6.45, 7) is 1.68. The summed E-state index contributed by atoms with van der Waals surface area (Å²) < 4.78 is 28.3. The van der Waals surface area contributed by atoms with Crippen LogP contribution in [0.3, 0.4) is 0 Å². The van der Waals surface area contributed by atoms with Crippen LogP contribution in [0.1, 0.15) is 38.5 Å². The van der Waals surface area contributed by atoms with Crippen LogP contribution >= 0.6 is 0 Å². The number of hydrogen-bond donors (Lipinski definition) is 0. The molecule has 116 valence electrons. The molecule has 0 spiro atoms. The number of sulfone groups is 1. The third-order valence-corrected chi connectivity index (χ3v) is 6.35. The Balaban J connectivity index is 1.98. The second kappa shape index (κ2) is 6.43. The number of rotatable bonds is 3. The second-order valence-corrected chi connectivity index (χ2v) is 8.45. The Morgan fingerprint density at radius 3 is 2.60 bits per heavy atom. The summed E-state index contributed by atoms with van der Waals surface area (Å²) in [4.78, 5) is 14.0. The van der Waals surface area contributed by atoms with Gasteiger partial charge in [-0.3, -0.25) is 9.69 Å². The van der Waals surface area contributed by atoms with Gasteiger partial charge >= 0.3 is 5.97 Å². The van der Waals surface area contributed by atoms with Crippen molar-refractivity contribution in [3.8, 4) is 0 Å². The normalized spacial score (nSPS) is 32.8. The Hall–Kier alpha value is -0.620. The van der Waals surface area contributed by atoms with Crippen molar-refractivity contribution in [3.05, 3.63) is 0 Å². The van der Waals surface area contributed by atoms with E-state index < -0.39 is 9.84 Å². The van der Waals surface area contributed by atoms with E-state index in [4.69, 9.17) is 4.74 Å². The van der Waals surface area contributed by atoms with Gasteiger partial charge in [0.2, 0.25) is 0 Å². The van der Waals surface area contributed by atoms with E-state index in [1.54, 1.807) is 0 Å². The van der Waals surface area contributed by atoms with Crippen LogP contribution in [0.15, 0.2) is 0 Å². The highest BCUT2D eigenvalue weighted by Gasteiger charge is 2.35. The summed E-state index contributed by atoms with van der Waals surface area (Å²) in [5.41, 5.74) is 0. The van der Waals surface area contributed by atoms with Crippen molar-refractivity contribution in [2.24, 2.45) is 5.92 Å². The molecular formula is C14H25NO4S. The fraction of sp³-hybridized carbons (Fsp3) is 0.929. The fourth-order valence-electron chi connectivity index (χ4n) is 3.54. The maximum atomic E-state index is 11.7. The lowest BCUT2D eigenvalue weighted by molar-refractivity contribution is -0.147. The minimum absolute atomic E-state index is 0.0487. The summed E-state index contributed by atoms with van der Waals surface area (Å²) in [5.74, 6) is -0.183. The molecule has 2 rings (SSSR count). The number of piperidine rings is 1. The monoisotopic (exact) mass is 303 g/mol. The molecule has 0 radical (unpaired) electrons. The number of carbonyl (C=O) groups is 1. The Kier molecular flexibility index (Phi) is 5.07. The first-order valence-corrected chi connectivity index (χ1v) is 9.38. The Morgan fingerprint density at radius 2 is 1.95 bits per heavy atom. The van der Waals surface area contributed by atoms with E-state index in [-0.39, 0.29) is 17.1 Å². The van der Waals surface area contributed by atoms with Crippen molar-refractivity contribution in [2.45, 2.75) is 49.8 Å². The quantitative estimate of drug-likeness (QED) is 0.734. The summed E-state index contributed by atoms with van der Waals surface area (Å²) >= 11 is 0.